The number of amides is 1. The molecule has 0 fully saturated rings. The lowest BCUT2D eigenvalue weighted by atomic mass is 10.3. The molecular formula is C8H10N2O2. The van der Waals surface area contributed by atoms with E-state index in [0.717, 1.165) is 0 Å². The largest absolute Gasteiger partial charge is 0.434 e. The third-order valence-corrected chi connectivity index (χ3v) is 1.23. The molecule has 0 aromatic heterocycles. The van der Waals surface area contributed by atoms with Gasteiger partial charge in [-0.25, -0.2) is 4.79 Å². The van der Waals surface area contributed by atoms with Crippen LogP contribution < -0.4 is 11.1 Å². The van der Waals surface area contributed by atoms with Crippen molar-refractivity contribution in [2.75, 3.05) is 12.0 Å². The van der Waals surface area contributed by atoms with Crippen LogP contribution >= 0.6 is 0 Å². The zero-order valence-electron chi connectivity index (χ0n) is 6.49. The van der Waals surface area contributed by atoms with E-state index >= 15 is 0 Å². The zero-order chi connectivity index (χ0) is 8.81. The van der Waals surface area contributed by atoms with Crippen LogP contribution in [0.5, 0.6) is 0 Å². The molecule has 1 aromatic carbocycles. The molecule has 12 heavy (non-hydrogen) atoms. The molecular weight excluding hydrogens is 156 g/mol. The van der Waals surface area contributed by atoms with Gasteiger partial charge in [0.2, 0.25) is 0 Å². The normalized spacial score (nSPS) is 9.08. The molecule has 1 aromatic rings. The smallest absolute Gasteiger partial charge is 0.412 e. The molecule has 0 aliphatic rings. The zero-order valence-corrected chi connectivity index (χ0v) is 6.49. The highest BCUT2D eigenvalue weighted by Crippen LogP contribution is 2.04. The molecule has 0 aliphatic heterocycles. The first kappa shape index (κ1) is 8.55. The molecule has 0 bridgehead atoms. The number of rotatable bonds is 2. The summed E-state index contributed by atoms with van der Waals surface area (Å²) in [5.41, 5.74) is 5.69. The molecule has 3 N–H and O–H groups in total. The first-order chi connectivity index (χ1) is 5.83. The van der Waals surface area contributed by atoms with Crippen molar-refractivity contribution in [2.45, 2.75) is 0 Å². The quantitative estimate of drug-likeness (QED) is 0.648. The number of hydrogen-bond acceptors (Lipinski definition) is 3. The fraction of sp³-hybridized carbons (Fsp3) is 0.125. The number of carbonyl (C=O) groups excluding carboxylic acids is 1. The molecule has 0 radical (unpaired) electrons. The minimum absolute atomic E-state index is 0.112. The maximum atomic E-state index is 10.8. The SMILES string of the molecule is NCOC(=O)Nc1ccccc1. The molecule has 0 saturated carbocycles. The number of benzene rings is 1. The summed E-state index contributed by atoms with van der Waals surface area (Å²) in [6, 6.07) is 9.02. The van der Waals surface area contributed by atoms with Gasteiger partial charge in [0.25, 0.3) is 0 Å². The highest BCUT2D eigenvalue weighted by Gasteiger charge is 1.98. The van der Waals surface area contributed by atoms with Crippen molar-refractivity contribution in [2.24, 2.45) is 5.73 Å². The number of ether oxygens (including phenoxy) is 1. The van der Waals surface area contributed by atoms with E-state index in [-0.39, 0.29) is 6.73 Å². The minimum atomic E-state index is -0.538. The van der Waals surface area contributed by atoms with Gasteiger partial charge in [0.15, 0.2) is 0 Å². The van der Waals surface area contributed by atoms with E-state index in [1.165, 1.54) is 0 Å². The number of nitrogens with two attached hydrogens (primary N) is 1. The number of hydrogen-bond donors (Lipinski definition) is 2. The van der Waals surface area contributed by atoms with E-state index in [1.807, 2.05) is 18.2 Å². The second-order valence-electron chi connectivity index (χ2n) is 2.09. The average molecular weight is 166 g/mol. The maximum absolute atomic E-state index is 10.8. The summed E-state index contributed by atoms with van der Waals surface area (Å²) in [4.78, 5) is 10.8. The van der Waals surface area contributed by atoms with Gasteiger partial charge < -0.3 is 4.74 Å². The van der Waals surface area contributed by atoms with Gasteiger partial charge in [0.05, 0.1) is 0 Å². The Balaban J connectivity index is 2.47. The minimum Gasteiger partial charge on any atom is -0.434 e. The van der Waals surface area contributed by atoms with Crippen molar-refractivity contribution in [3.8, 4) is 0 Å². The lowest BCUT2D eigenvalue weighted by molar-refractivity contribution is 0.165. The Bertz CT molecular complexity index is 248. The summed E-state index contributed by atoms with van der Waals surface area (Å²) in [5, 5.41) is 2.50. The summed E-state index contributed by atoms with van der Waals surface area (Å²) < 4.78 is 4.47. The van der Waals surface area contributed by atoms with E-state index in [2.05, 4.69) is 10.1 Å². The van der Waals surface area contributed by atoms with E-state index in [4.69, 9.17) is 5.73 Å². The third-order valence-electron chi connectivity index (χ3n) is 1.23. The van der Waals surface area contributed by atoms with Crippen LogP contribution in [-0.4, -0.2) is 12.8 Å². The fourth-order valence-corrected chi connectivity index (χ4v) is 0.751. The maximum Gasteiger partial charge on any atom is 0.412 e. The van der Waals surface area contributed by atoms with Crippen molar-refractivity contribution < 1.29 is 9.53 Å². The Morgan fingerprint density at radius 2 is 2.08 bits per heavy atom. The van der Waals surface area contributed by atoms with Crippen LogP contribution in [0.2, 0.25) is 0 Å². The number of para-hydroxylation sites is 1. The van der Waals surface area contributed by atoms with Gasteiger partial charge in [0.1, 0.15) is 6.73 Å². The Kier molecular flexibility index (Phi) is 3.10. The Morgan fingerprint density at radius 1 is 1.42 bits per heavy atom. The average Bonchev–Trinajstić information content (AvgIpc) is 2.06. The second-order valence-corrected chi connectivity index (χ2v) is 2.09. The van der Waals surface area contributed by atoms with Crippen LogP contribution in [-0.2, 0) is 4.74 Å². The summed E-state index contributed by atoms with van der Waals surface area (Å²) >= 11 is 0. The molecule has 0 unspecified atom stereocenters. The molecule has 4 nitrogen and oxygen atoms in total. The van der Waals surface area contributed by atoms with E-state index in [1.54, 1.807) is 12.1 Å². The molecule has 0 atom stereocenters. The number of nitrogens with one attached hydrogen (secondary N) is 1. The molecule has 4 heteroatoms. The summed E-state index contributed by atoms with van der Waals surface area (Å²) in [6.45, 7) is -0.112. The van der Waals surface area contributed by atoms with Gasteiger partial charge in [-0.15, -0.1) is 0 Å². The van der Waals surface area contributed by atoms with Crippen LogP contribution in [0.15, 0.2) is 30.3 Å². The Labute approximate surface area is 70.3 Å². The highest BCUT2D eigenvalue weighted by molar-refractivity contribution is 5.84. The molecule has 0 saturated heterocycles. The van der Waals surface area contributed by atoms with Crippen LogP contribution in [0.4, 0.5) is 10.5 Å². The standard InChI is InChI=1S/C8H10N2O2/c9-6-12-8(11)10-7-4-2-1-3-5-7/h1-5H,6,9H2,(H,10,11). The van der Waals surface area contributed by atoms with Crippen molar-refractivity contribution in [1.29, 1.82) is 0 Å². The highest BCUT2D eigenvalue weighted by atomic mass is 16.6. The number of anilines is 1. The topological polar surface area (TPSA) is 64.3 Å². The van der Waals surface area contributed by atoms with Gasteiger partial charge in [0, 0.05) is 5.69 Å². The lowest BCUT2D eigenvalue weighted by Gasteiger charge is -2.03. The summed E-state index contributed by atoms with van der Waals surface area (Å²) in [7, 11) is 0. The number of carbonyl (C=O) groups is 1. The predicted molar refractivity (Wildman–Crippen MR) is 45.6 cm³/mol. The predicted octanol–water partition coefficient (Wildman–Crippen LogP) is 1.15. The fourth-order valence-electron chi connectivity index (χ4n) is 0.751. The van der Waals surface area contributed by atoms with Gasteiger partial charge >= 0.3 is 6.09 Å². The van der Waals surface area contributed by atoms with E-state index in [9.17, 15) is 4.79 Å². The summed E-state index contributed by atoms with van der Waals surface area (Å²) in [5.74, 6) is 0. The van der Waals surface area contributed by atoms with Crippen molar-refractivity contribution in [3.63, 3.8) is 0 Å². The monoisotopic (exact) mass is 166 g/mol. The molecule has 1 rings (SSSR count). The van der Waals surface area contributed by atoms with Crippen LogP contribution in [0.25, 0.3) is 0 Å². The Hall–Kier alpha value is -1.55. The van der Waals surface area contributed by atoms with Crippen molar-refractivity contribution in [1.82, 2.24) is 0 Å². The van der Waals surface area contributed by atoms with E-state index < -0.39 is 6.09 Å². The van der Waals surface area contributed by atoms with Crippen LogP contribution in [0.3, 0.4) is 0 Å². The molecule has 64 valence electrons. The second kappa shape index (κ2) is 4.35. The molecule has 0 aliphatic carbocycles. The van der Waals surface area contributed by atoms with Crippen LogP contribution in [0.1, 0.15) is 0 Å². The lowest BCUT2D eigenvalue weighted by Crippen LogP contribution is -2.17. The Morgan fingerprint density at radius 3 is 2.67 bits per heavy atom. The molecule has 0 heterocycles. The van der Waals surface area contributed by atoms with Gasteiger partial charge in [-0.2, -0.15) is 0 Å². The first-order valence-electron chi connectivity index (χ1n) is 3.52. The van der Waals surface area contributed by atoms with Gasteiger partial charge in [-0.3, -0.25) is 11.1 Å². The van der Waals surface area contributed by atoms with E-state index in [0.29, 0.717) is 5.69 Å². The third kappa shape index (κ3) is 2.59. The van der Waals surface area contributed by atoms with Crippen molar-refractivity contribution >= 4 is 11.8 Å². The molecule has 1 amide bonds. The van der Waals surface area contributed by atoms with Crippen LogP contribution in [0, 0.1) is 0 Å². The summed E-state index contributed by atoms with van der Waals surface area (Å²) in [6.07, 6.45) is -0.538. The van der Waals surface area contributed by atoms with Crippen molar-refractivity contribution in [3.05, 3.63) is 30.3 Å². The van der Waals surface area contributed by atoms with Gasteiger partial charge in [-0.05, 0) is 12.1 Å². The first-order valence-corrected chi connectivity index (χ1v) is 3.52. The van der Waals surface area contributed by atoms with Gasteiger partial charge in [-0.1, -0.05) is 18.2 Å². The molecule has 0 spiro atoms.